The molecule has 1 aliphatic rings. The average Bonchev–Trinajstić information content (AvgIpc) is 3.06. The molecule has 1 amide bonds. The Labute approximate surface area is 116 Å². The number of nitrogens with one attached hydrogen (secondary N) is 1. The summed E-state index contributed by atoms with van der Waals surface area (Å²) in [5, 5.41) is 2.85. The van der Waals surface area contributed by atoms with Gasteiger partial charge in [0, 0.05) is 6.42 Å². The molecule has 110 valence electrons. The van der Waals surface area contributed by atoms with Crippen LogP contribution in [-0.2, 0) is 14.3 Å². The van der Waals surface area contributed by atoms with Crippen molar-refractivity contribution in [2.75, 3.05) is 0 Å². The molecule has 0 aromatic rings. The van der Waals surface area contributed by atoms with Crippen LogP contribution in [0.5, 0.6) is 0 Å². The zero-order chi connectivity index (χ0) is 14.6. The van der Waals surface area contributed by atoms with Gasteiger partial charge in [-0.05, 0) is 45.4 Å². The van der Waals surface area contributed by atoms with E-state index in [0.29, 0.717) is 12.3 Å². The van der Waals surface area contributed by atoms with Crippen LogP contribution in [0.4, 0.5) is 0 Å². The third kappa shape index (κ3) is 6.08. The van der Waals surface area contributed by atoms with Crippen molar-refractivity contribution in [3.8, 4) is 0 Å². The SMILES string of the molecule is CC[C@H](C)[C@H](NC(=O)CC1CC1)C(=O)OC(C)(C)C. The van der Waals surface area contributed by atoms with Crippen LogP contribution in [0.3, 0.4) is 0 Å². The maximum absolute atomic E-state index is 12.2. The highest BCUT2D eigenvalue weighted by atomic mass is 16.6. The van der Waals surface area contributed by atoms with E-state index in [1.165, 1.54) is 0 Å². The summed E-state index contributed by atoms with van der Waals surface area (Å²) in [4.78, 5) is 24.0. The lowest BCUT2D eigenvalue weighted by atomic mass is 9.98. The highest BCUT2D eigenvalue weighted by Crippen LogP contribution is 2.32. The van der Waals surface area contributed by atoms with Crippen molar-refractivity contribution >= 4 is 11.9 Å². The van der Waals surface area contributed by atoms with Crippen molar-refractivity contribution in [3.05, 3.63) is 0 Å². The maximum atomic E-state index is 12.2. The van der Waals surface area contributed by atoms with Crippen LogP contribution in [0, 0.1) is 11.8 Å². The van der Waals surface area contributed by atoms with Crippen molar-refractivity contribution < 1.29 is 14.3 Å². The van der Waals surface area contributed by atoms with Crippen molar-refractivity contribution in [2.45, 2.75) is 71.9 Å². The third-order valence-corrected chi connectivity index (χ3v) is 3.36. The van der Waals surface area contributed by atoms with Gasteiger partial charge >= 0.3 is 5.97 Å². The first-order chi connectivity index (χ1) is 8.73. The van der Waals surface area contributed by atoms with Crippen LogP contribution in [0.2, 0.25) is 0 Å². The Morgan fingerprint density at radius 1 is 1.32 bits per heavy atom. The Kier molecular flexibility index (Phi) is 5.39. The molecule has 1 aliphatic carbocycles. The second-order valence-corrected chi connectivity index (χ2v) is 6.61. The molecule has 1 N–H and O–H groups in total. The van der Waals surface area contributed by atoms with Gasteiger partial charge in [-0.25, -0.2) is 4.79 Å². The molecule has 0 bridgehead atoms. The van der Waals surface area contributed by atoms with Gasteiger partial charge in [-0.3, -0.25) is 4.79 Å². The van der Waals surface area contributed by atoms with Crippen molar-refractivity contribution in [1.29, 1.82) is 0 Å². The molecular weight excluding hydrogens is 242 g/mol. The molecule has 0 heterocycles. The largest absolute Gasteiger partial charge is 0.458 e. The molecule has 1 fully saturated rings. The van der Waals surface area contributed by atoms with E-state index < -0.39 is 11.6 Å². The van der Waals surface area contributed by atoms with E-state index >= 15 is 0 Å². The van der Waals surface area contributed by atoms with Gasteiger partial charge in [-0.2, -0.15) is 0 Å². The smallest absolute Gasteiger partial charge is 0.329 e. The Morgan fingerprint density at radius 2 is 1.89 bits per heavy atom. The van der Waals surface area contributed by atoms with E-state index in [2.05, 4.69) is 5.32 Å². The van der Waals surface area contributed by atoms with E-state index in [-0.39, 0.29) is 17.8 Å². The van der Waals surface area contributed by atoms with Gasteiger partial charge in [0.15, 0.2) is 0 Å². The van der Waals surface area contributed by atoms with Crippen LogP contribution in [0.25, 0.3) is 0 Å². The van der Waals surface area contributed by atoms with Crippen molar-refractivity contribution in [1.82, 2.24) is 5.32 Å². The third-order valence-electron chi connectivity index (χ3n) is 3.36. The first-order valence-corrected chi connectivity index (χ1v) is 7.25. The van der Waals surface area contributed by atoms with Crippen LogP contribution >= 0.6 is 0 Å². The summed E-state index contributed by atoms with van der Waals surface area (Å²) >= 11 is 0. The minimum absolute atomic E-state index is 0.0290. The molecule has 0 radical (unpaired) electrons. The number of hydrogen-bond acceptors (Lipinski definition) is 3. The monoisotopic (exact) mass is 269 g/mol. The predicted octanol–water partition coefficient (Wildman–Crippen LogP) is 2.66. The highest BCUT2D eigenvalue weighted by Gasteiger charge is 2.32. The molecule has 0 unspecified atom stereocenters. The fourth-order valence-electron chi connectivity index (χ4n) is 1.85. The lowest BCUT2D eigenvalue weighted by molar-refractivity contribution is -0.160. The van der Waals surface area contributed by atoms with Gasteiger partial charge in [0.2, 0.25) is 5.91 Å². The minimum atomic E-state index is -0.532. The maximum Gasteiger partial charge on any atom is 0.329 e. The molecule has 0 saturated heterocycles. The summed E-state index contributed by atoms with van der Waals surface area (Å²) in [5.74, 6) is 0.249. The number of hydrogen-bond donors (Lipinski definition) is 1. The number of ether oxygens (including phenoxy) is 1. The number of esters is 1. The Balaban J connectivity index is 2.59. The number of carbonyl (C=O) groups excluding carboxylic acids is 2. The molecule has 2 atom stereocenters. The first kappa shape index (κ1) is 16.0. The lowest BCUT2D eigenvalue weighted by Gasteiger charge is -2.27. The van der Waals surface area contributed by atoms with Gasteiger partial charge < -0.3 is 10.1 Å². The molecule has 0 spiro atoms. The van der Waals surface area contributed by atoms with Gasteiger partial charge in [-0.1, -0.05) is 20.3 Å². The summed E-state index contributed by atoms with van der Waals surface area (Å²) in [6.45, 7) is 9.49. The average molecular weight is 269 g/mol. The molecule has 1 rings (SSSR count). The molecule has 0 aromatic carbocycles. The summed E-state index contributed by atoms with van der Waals surface area (Å²) in [6, 6.07) is -0.532. The fraction of sp³-hybridized carbons (Fsp3) is 0.867. The second-order valence-electron chi connectivity index (χ2n) is 6.61. The van der Waals surface area contributed by atoms with Crippen molar-refractivity contribution in [3.63, 3.8) is 0 Å². The van der Waals surface area contributed by atoms with Gasteiger partial charge in [0.25, 0.3) is 0 Å². The summed E-state index contributed by atoms with van der Waals surface area (Å²) in [6.07, 6.45) is 3.63. The van der Waals surface area contributed by atoms with Crippen LogP contribution < -0.4 is 5.32 Å². The second kappa shape index (κ2) is 6.40. The van der Waals surface area contributed by atoms with Gasteiger partial charge in [0.1, 0.15) is 11.6 Å². The Bertz CT molecular complexity index is 329. The quantitative estimate of drug-likeness (QED) is 0.754. The summed E-state index contributed by atoms with van der Waals surface area (Å²) < 4.78 is 5.39. The van der Waals surface area contributed by atoms with Gasteiger partial charge in [0.05, 0.1) is 0 Å². The number of carbonyl (C=O) groups is 2. The molecule has 0 aliphatic heterocycles. The zero-order valence-corrected chi connectivity index (χ0v) is 12.8. The first-order valence-electron chi connectivity index (χ1n) is 7.25. The van der Waals surface area contributed by atoms with E-state index in [1.54, 1.807) is 0 Å². The molecule has 1 saturated carbocycles. The van der Waals surface area contributed by atoms with E-state index in [0.717, 1.165) is 19.3 Å². The van der Waals surface area contributed by atoms with E-state index in [4.69, 9.17) is 4.74 Å². The summed E-state index contributed by atoms with van der Waals surface area (Å²) in [5.41, 5.74) is -0.524. The predicted molar refractivity (Wildman–Crippen MR) is 74.6 cm³/mol. The minimum Gasteiger partial charge on any atom is -0.458 e. The lowest BCUT2D eigenvalue weighted by Crippen LogP contribution is -2.47. The van der Waals surface area contributed by atoms with E-state index in [1.807, 2.05) is 34.6 Å². The zero-order valence-electron chi connectivity index (χ0n) is 12.8. The molecule has 4 heteroatoms. The Hall–Kier alpha value is -1.06. The topological polar surface area (TPSA) is 55.4 Å². The molecule has 4 nitrogen and oxygen atoms in total. The van der Waals surface area contributed by atoms with Crippen LogP contribution in [0.15, 0.2) is 0 Å². The normalized spacial score (nSPS) is 18.6. The van der Waals surface area contributed by atoms with Crippen LogP contribution in [0.1, 0.15) is 60.3 Å². The molecule has 0 aromatic heterocycles. The van der Waals surface area contributed by atoms with Crippen LogP contribution in [-0.4, -0.2) is 23.5 Å². The molecule has 19 heavy (non-hydrogen) atoms. The van der Waals surface area contributed by atoms with E-state index in [9.17, 15) is 9.59 Å². The number of amides is 1. The molecular formula is C15H27NO3. The van der Waals surface area contributed by atoms with Crippen molar-refractivity contribution in [2.24, 2.45) is 11.8 Å². The van der Waals surface area contributed by atoms with Gasteiger partial charge in [-0.15, -0.1) is 0 Å². The highest BCUT2D eigenvalue weighted by molar-refractivity contribution is 5.85. The standard InChI is InChI=1S/C15H27NO3/c1-6-10(2)13(14(18)19-15(3,4)5)16-12(17)9-11-7-8-11/h10-11,13H,6-9H2,1-5H3,(H,16,17)/t10-,13-/m0/s1. The summed E-state index contributed by atoms with van der Waals surface area (Å²) in [7, 11) is 0. The fourth-order valence-corrected chi connectivity index (χ4v) is 1.85. The number of rotatable bonds is 6. The Morgan fingerprint density at radius 3 is 2.32 bits per heavy atom.